The Hall–Kier alpha value is -1.98. The minimum atomic E-state index is -3.05. The molecule has 0 radical (unpaired) electrons. The lowest BCUT2D eigenvalue weighted by molar-refractivity contribution is -0.137. The lowest BCUT2D eigenvalue weighted by Gasteiger charge is -2.30. The molecule has 1 heterocycles. The Morgan fingerprint density at radius 3 is 2.12 bits per heavy atom. The topological polar surface area (TPSA) is 64.6 Å². The zero-order chi connectivity index (χ0) is 23.0. The summed E-state index contributed by atoms with van der Waals surface area (Å²) in [7, 11) is -6.11. The van der Waals surface area contributed by atoms with E-state index in [1.807, 2.05) is 0 Å². The normalized spacial score (nSPS) is 20.0. The predicted octanol–water partition coefficient (Wildman–Crippen LogP) is 3.57. The van der Waals surface area contributed by atoms with Gasteiger partial charge in [-0.1, -0.05) is 35.3 Å². The molecule has 7 heteroatoms. The number of carbonyl (C=O) groups is 2. The molecule has 1 aromatic rings. The number of methoxy groups -OCH3 is 2. The van der Waals surface area contributed by atoms with Crippen molar-refractivity contribution in [3.05, 3.63) is 56.3 Å². The molecule has 0 fully saturated rings. The van der Waals surface area contributed by atoms with E-state index in [-0.39, 0.29) is 38.1 Å². The van der Waals surface area contributed by atoms with E-state index in [1.165, 1.54) is 32.0 Å². The third kappa shape index (κ3) is 3.14. The number of esters is 2. The standard InChI is InChI=1S/C17H17Cl2NO4/c1-8-12(16(21)23-3)14(10-6-5-7-11(18)15(10)19)13(9(2)20-8)17(22)24-4/h5-7,14,20H,1-4H3/i3D3,4D3. The van der Waals surface area contributed by atoms with Crippen molar-refractivity contribution in [2.75, 3.05) is 14.1 Å². The van der Waals surface area contributed by atoms with E-state index in [0.29, 0.717) is 0 Å². The van der Waals surface area contributed by atoms with E-state index in [4.69, 9.17) is 31.4 Å². The van der Waals surface area contributed by atoms with Gasteiger partial charge >= 0.3 is 11.9 Å². The van der Waals surface area contributed by atoms with Crippen LogP contribution in [0.2, 0.25) is 10.0 Å². The maximum Gasteiger partial charge on any atom is 0.336 e. The first-order valence-corrected chi connectivity index (χ1v) is 7.47. The second-order valence-electron chi connectivity index (χ2n) is 5.06. The van der Waals surface area contributed by atoms with Crippen LogP contribution in [-0.2, 0) is 19.1 Å². The largest absolute Gasteiger partial charge is 0.466 e. The molecule has 1 aromatic carbocycles. The highest BCUT2D eigenvalue weighted by atomic mass is 35.5. The summed E-state index contributed by atoms with van der Waals surface area (Å²) in [6.07, 6.45) is 0. The number of rotatable bonds is 3. The molecule has 0 saturated heterocycles. The zero-order valence-electron chi connectivity index (χ0n) is 18.7. The first-order valence-electron chi connectivity index (χ1n) is 9.71. The second-order valence-corrected chi connectivity index (χ2v) is 5.84. The molecule has 0 aliphatic carbocycles. The van der Waals surface area contributed by atoms with Crippen molar-refractivity contribution in [2.24, 2.45) is 0 Å². The molecule has 1 aliphatic heterocycles. The molecule has 0 amide bonds. The second kappa shape index (κ2) is 7.28. The van der Waals surface area contributed by atoms with Crippen LogP contribution in [0.4, 0.5) is 0 Å². The lowest BCUT2D eigenvalue weighted by atomic mass is 9.80. The number of halogens is 2. The van der Waals surface area contributed by atoms with Gasteiger partial charge in [-0.2, -0.15) is 0 Å². The van der Waals surface area contributed by atoms with Gasteiger partial charge in [-0.3, -0.25) is 0 Å². The molecule has 0 bridgehead atoms. The van der Waals surface area contributed by atoms with Crippen LogP contribution in [0.15, 0.2) is 40.7 Å². The number of ether oxygens (including phenoxy) is 2. The van der Waals surface area contributed by atoms with Crippen LogP contribution < -0.4 is 5.32 Å². The quantitative estimate of drug-likeness (QED) is 0.817. The van der Waals surface area contributed by atoms with E-state index < -0.39 is 31.9 Å². The molecule has 0 atom stereocenters. The Kier molecular flexibility index (Phi) is 3.50. The number of hydrogen-bond acceptors (Lipinski definition) is 5. The molecule has 128 valence electrons. The minimum Gasteiger partial charge on any atom is -0.466 e. The highest BCUT2D eigenvalue weighted by molar-refractivity contribution is 6.42. The zero-order valence-corrected chi connectivity index (χ0v) is 14.2. The molecule has 0 aromatic heterocycles. The van der Waals surface area contributed by atoms with Crippen LogP contribution in [0.5, 0.6) is 0 Å². The Balaban J connectivity index is 2.72. The highest BCUT2D eigenvalue weighted by Gasteiger charge is 2.38. The fraction of sp³-hybridized carbons (Fsp3) is 0.294. The van der Waals surface area contributed by atoms with E-state index >= 15 is 0 Å². The lowest BCUT2D eigenvalue weighted by Crippen LogP contribution is -2.32. The van der Waals surface area contributed by atoms with Gasteiger partial charge in [0.05, 0.1) is 49.4 Å². The number of allylic oxidation sites excluding steroid dienone is 2. The monoisotopic (exact) mass is 375 g/mol. The van der Waals surface area contributed by atoms with E-state index in [2.05, 4.69) is 14.8 Å². The fourth-order valence-corrected chi connectivity index (χ4v) is 3.12. The molecule has 0 unspecified atom stereocenters. The first kappa shape index (κ1) is 11.6. The Morgan fingerprint density at radius 1 is 1.08 bits per heavy atom. The van der Waals surface area contributed by atoms with Crippen LogP contribution in [0.1, 0.15) is 33.6 Å². The molecule has 2 rings (SSSR count). The van der Waals surface area contributed by atoms with Gasteiger partial charge in [0, 0.05) is 11.4 Å². The third-order valence-corrected chi connectivity index (χ3v) is 4.51. The number of benzene rings is 1. The van der Waals surface area contributed by atoms with Crippen molar-refractivity contribution >= 4 is 35.1 Å². The van der Waals surface area contributed by atoms with Crippen LogP contribution in [0, 0.1) is 0 Å². The van der Waals surface area contributed by atoms with Crippen LogP contribution >= 0.6 is 23.2 Å². The van der Waals surface area contributed by atoms with E-state index in [9.17, 15) is 9.59 Å². The Morgan fingerprint density at radius 2 is 1.62 bits per heavy atom. The van der Waals surface area contributed by atoms with Gasteiger partial charge in [0.1, 0.15) is 0 Å². The van der Waals surface area contributed by atoms with Crippen LogP contribution in [0.3, 0.4) is 0 Å². The molecule has 0 saturated carbocycles. The number of carbonyl (C=O) groups excluding carboxylic acids is 2. The Labute approximate surface area is 158 Å². The number of nitrogens with one attached hydrogen (secondary N) is 1. The molecule has 1 aliphatic rings. The molecular formula is C17H17Cl2NO4. The van der Waals surface area contributed by atoms with Gasteiger partial charge in [0.2, 0.25) is 0 Å². The van der Waals surface area contributed by atoms with Crippen molar-refractivity contribution < 1.29 is 27.3 Å². The van der Waals surface area contributed by atoms with Crippen molar-refractivity contribution in [1.82, 2.24) is 5.32 Å². The summed E-state index contributed by atoms with van der Waals surface area (Å²) in [5.41, 5.74) is 0.0394. The summed E-state index contributed by atoms with van der Waals surface area (Å²) in [6, 6.07) is 4.45. The van der Waals surface area contributed by atoms with Gasteiger partial charge in [-0.05, 0) is 25.5 Å². The van der Waals surface area contributed by atoms with E-state index in [1.54, 1.807) is 0 Å². The van der Waals surface area contributed by atoms with Crippen molar-refractivity contribution in [3.63, 3.8) is 0 Å². The first-order chi connectivity index (χ1) is 13.6. The summed E-state index contributed by atoms with van der Waals surface area (Å²) in [5, 5.41) is 2.86. The summed E-state index contributed by atoms with van der Waals surface area (Å²) >= 11 is 12.4. The number of hydrogen-bond donors (Lipinski definition) is 1. The van der Waals surface area contributed by atoms with Gasteiger partial charge in [0.25, 0.3) is 0 Å². The molecule has 0 spiro atoms. The molecular weight excluding hydrogens is 353 g/mol. The molecule has 5 nitrogen and oxygen atoms in total. The highest BCUT2D eigenvalue weighted by Crippen LogP contribution is 2.43. The van der Waals surface area contributed by atoms with Crippen LogP contribution in [0.25, 0.3) is 0 Å². The van der Waals surface area contributed by atoms with Gasteiger partial charge in [0.15, 0.2) is 0 Å². The van der Waals surface area contributed by atoms with Gasteiger partial charge in [-0.25, -0.2) is 9.59 Å². The average Bonchev–Trinajstić information content (AvgIpc) is 2.53. The molecule has 24 heavy (non-hydrogen) atoms. The van der Waals surface area contributed by atoms with Crippen LogP contribution in [-0.4, -0.2) is 26.0 Å². The van der Waals surface area contributed by atoms with Gasteiger partial charge in [-0.15, -0.1) is 0 Å². The summed E-state index contributed by atoms with van der Waals surface area (Å²) < 4.78 is 52.3. The summed E-state index contributed by atoms with van der Waals surface area (Å²) in [6.45, 7) is 2.94. The maximum absolute atomic E-state index is 12.7. The van der Waals surface area contributed by atoms with E-state index in [0.717, 1.165) is 0 Å². The summed E-state index contributed by atoms with van der Waals surface area (Å²) in [5.74, 6) is -3.78. The minimum absolute atomic E-state index is 0.00923. The number of dihydropyridines is 1. The SMILES string of the molecule is [2H]C([2H])([2H])OC(=O)C1=C(C)NC(C)=C(C(=O)OC([2H])([2H])[2H])C1c1cccc(Cl)c1Cl. The van der Waals surface area contributed by atoms with Crippen molar-refractivity contribution in [3.8, 4) is 0 Å². The Bertz CT molecular complexity index is 903. The fourth-order valence-electron chi connectivity index (χ4n) is 2.70. The smallest absolute Gasteiger partial charge is 0.336 e. The van der Waals surface area contributed by atoms with Crippen molar-refractivity contribution in [2.45, 2.75) is 19.8 Å². The third-order valence-electron chi connectivity index (χ3n) is 3.68. The average molecular weight is 376 g/mol. The van der Waals surface area contributed by atoms with Crippen molar-refractivity contribution in [1.29, 1.82) is 0 Å². The molecule has 1 N–H and O–H groups in total. The summed E-state index contributed by atoms with van der Waals surface area (Å²) in [4.78, 5) is 25.4. The predicted molar refractivity (Wildman–Crippen MR) is 91.8 cm³/mol. The maximum atomic E-state index is 12.7. The van der Waals surface area contributed by atoms with Gasteiger partial charge < -0.3 is 14.8 Å².